The highest BCUT2D eigenvalue weighted by Gasteiger charge is 1.99. The zero-order chi connectivity index (χ0) is 14.5. The van der Waals surface area contributed by atoms with Crippen LogP contribution in [0.25, 0.3) is 5.69 Å². The lowest BCUT2D eigenvalue weighted by Crippen LogP contribution is -2.01. The minimum atomic E-state index is 0.615. The lowest BCUT2D eigenvalue weighted by molar-refractivity contribution is 0.397. The van der Waals surface area contributed by atoms with Crippen LogP contribution in [0.2, 0.25) is 0 Å². The van der Waals surface area contributed by atoms with Crippen LogP contribution in [0.15, 0.2) is 48.9 Å². The van der Waals surface area contributed by atoms with E-state index in [1.165, 1.54) is 0 Å². The number of hydrogen-bond acceptors (Lipinski definition) is 6. The number of nitrogens with one attached hydrogen (secondary N) is 1. The Labute approximate surface area is 121 Å². The van der Waals surface area contributed by atoms with Crippen LogP contribution in [0, 0.1) is 0 Å². The molecule has 0 atom stereocenters. The van der Waals surface area contributed by atoms with Crippen molar-refractivity contribution in [1.29, 1.82) is 0 Å². The Balaban J connectivity index is 1.62. The maximum atomic E-state index is 5.03. The van der Waals surface area contributed by atoms with Crippen LogP contribution in [-0.4, -0.2) is 32.3 Å². The predicted octanol–water partition coefficient (Wildman–Crippen LogP) is 1.68. The van der Waals surface area contributed by atoms with Gasteiger partial charge in [-0.1, -0.05) is 6.07 Å². The second-order valence-corrected chi connectivity index (χ2v) is 4.36. The van der Waals surface area contributed by atoms with Crippen molar-refractivity contribution in [3.8, 4) is 11.6 Å². The number of ether oxygens (including phenoxy) is 1. The predicted molar refractivity (Wildman–Crippen MR) is 77.3 cm³/mol. The number of aromatic nitrogens is 5. The van der Waals surface area contributed by atoms with Crippen molar-refractivity contribution >= 4 is 5.69 Å². The number of benzene rings is 1. The van der Waals surface area contributed by atoms with Gasteiger partial charge in [0, 0.05) is 24.5 Å². The van der Waals surface area contributed by atoms with Gasteiger partial charge in [0.05, 0.1) is 12.8 Å². The van der Waals surface area contributed by atoms with E-state index >= 15 is 0 Å². The molecule has 0 bridgehead atoms. The molecule has 0 aliphatic carbocycles. The van der Waals surface area contributed by atoms with Gasteiger partial charge in [-0.15, -0.1) is 5.10 Å². The van der Waals surface area contributed by atoms with E-state index in [-0.39, 0.29) is 0 Å². The van der Waals surface area contributed by atoms with Crippen LogP contribution in [-0.2, 0) is 6.54 Å². The molecule has 106 valence electrons. The fourth-order valence-corrected chi connectivity index (χ4v) is 1.85. The molecule has 0 radical (unpaired) electrons. The van der Waals surface area contributed by atoms with Gasteiger partial charge >= 0.3 is 0 Å². The van der Waals surface area contributed by atoms with Crippen LogP contribution in [0.1, 0.15) is 5.56 Å². The van der Waals surface area contributed by atoms with Crippen LogP contribution in [0.5, 0.6) is 5.88 Å². The molecular formula is C14H14N6O. The van der Waals surface area contributed by atoms with Crippen LogP contribution < -0.4 is 10.1 Å². The molecule has 0 aliphatic rings. The molecule has 3 aromatic rings. The largest absolute Gasteiger partial charge is 0.481 e. The Morgan fingerprint density at radius 2 is 2.00 bits per heavy atom. The number of nitrogens with zero attached hydrogens (tertiary/aromatic N) is 5. The zero-order valence-corrected chi connectivity index (χ0v) is 11.5. The smallest absolute Gasteiger partial charge is 0.212 e. The minimum Gasteiger partial charge on any atom is -0.481 e. The third kappa shape index (κ3) is 3.14. The van der Waals surface area contributed by atoms with Gasteiger partial charge in [0.2, 0.25) is 5.88 Å². The number of methoxy groups -OCH3 is 1. The van der Waals surface area contributed by atoms with Crippen molar-refractivity contribution in [1.82, 2.24) is 25.2 Å². The summed E-state index contributed by atoms with van der Waals surface area (Å²) in [7, 11) is 1.60. The Hall–Kier alpha value is -2.96. The van der Waals surface area contributed by atoms with E-state index in [1.54, 1.807) is 24.3 Å². The lowest BCUT2D eigenvalue weighted by atomic mass is 10.2. The van der Waals surface area contributed by atoms with Crippen molar-refractivity contribution in [3.63, 3.8) is 0 Å². The first kappa shape index (κ1) is 13.0. The quantitative estimate of drug-likeness (QED) is 0.767. The summed E-state index contributed by atoms with van der Waals surface area (Å²) in [5, 5.41) is 14.4. The van der Waals surface area contributed by atoms with E-state index in [2.05, 4.69) is 25.8 Å². The van der Waals surface area contributed by atoms with E-state index in [9.17, 15) is 0 Å². The molecule has 7 nitrogen and oxygen atoms in total. The molecule has 0 fully saturated rings. The van der Waals surface area contributed by atoms with Gasteiger partial charge in [-0.2, -0.15) is 0 Å². The van der Waals surface area contributed by atoms with Crippen molar-refractivity contribution in [2.24, 2.45) is 0 Å². The summed E-state index contributed by atoms with van der Waals surface area (Å²) >= 11 is 0. The zero-order valence-electron chi connectivity index (χ0n) is 11.5. The highest BCUT2D eigenvalue weighted by Crippen LogP contribution is 2.14. The molecule has 0 aliphatic heterocycles. The van der Waals surface area contributed by atoms with Gasteiger partial charge in [0.15, 0.2) is 0 Å². The second kappa shape index (κ2) is 6.00. The van der Waals surface area contributed by atoms with E-state index in [1.807, 2.05) is 36.4 Å². The number of rotatable bonds is 5. The molecule has 2 aromatic heterocycles. The van der Waals surface area contributed by atoms with Gasteiger partial charge in [0.1, 0.15) is 6.33 Å². The molecule has 21 heavy (non-hydrogen) atoms. The summed E-state index contributed by atoms with van der Waals surface area (Å²) in [6.45, 7) is 0.696. The van der Waals surface area contributed by atoms with Crippen LogP contribution >= 0.6 is 0 Å². The maximum absolute atomic E-state index is 5.03. The summed E-state index contributed by atoms with van der Waals surface area (Å²) < 4.78 is 6.64. The summed E-state index contributed by atoms with van der Waals surface area (Å²) in [4.78, 5) is 4.17. The molecule has 0 saturated carbocycles. The van der Waals surface area contributed by atoms with Crippen LogP contribution in [0.3, 0.4) is 0 Å². The number of pyridine rings is 1. The fraction of sp³-hybridized carbons (Fsp3) is 0.143. The third-order valence-corrected chi connectivity index (χ3v) is 2.98. The number of tetrazole rings is 1. The normalized spacial score (nSPS) is 10.3. The third-order valence-electron chi connectivity index (χ3n) is 2.98. The lowest BCUT2D eigenvalue weighted by Gasteiger charge is -2.07. The second-order valence-electron chi connectivity index (χ2n) is 4.36. The van der Waals surface area contributed by atoms with Gasteiger partial charge in [-0.05, 0) is 40.3 Å². The van der Waals surface area contributed by atoms with Crippen molar-refractivity contribution in [2.45, 2.75) is 6.54 Å². The summed E-state index contributed by atoms with van der Waals surface area (Å²) in [6.07, 6.45) is 3.35. The topological polar surface area (TPSA) is 77.8 Å². The molecule has 0 spiro atoms. The molecule has 3 rings (SSSR count). The highest BCUT2D eigenvalue weighted by molar-refractivity contribution is 5.48. The van der Waals surface area contributed by atoms with Crippen LogP contribution in [0.4, 0.5) is 5.69 Å². The number of anilines is 1. The van der Waals surface area contributed by atoms with Gasteiger partial charge in [0.25, 0.3) is 0 Å². The molecular weight excluding hydrogens is 268 g/mol. The summed E-state index contributed by atoms with van der Waals surface area (Å²) in [5.41, 5.74) is 3.01. The summed E-state index contributed by atoms with van der Waals surface area (Å²) in [5.74, 6) is 0.615. The van der Waals surface area contributed by atoms with E-state index in [4.69, 9.17) is 4.74 Å². The molecule has 1 N–H and O–H groups in total. The molecule has 2 heterocycles. The summed E-state index contributed by atoms with van der Waals surface area (Å²) in [6, 6.07) is 11.7. The fourth-order valence-electron chi connectivity index (χ4n) is 1.85. The molecule has 1 aromatic carbocycles. The highest BCUT2D eigenvalue weighted by atomic mass is 16.5. The van der Waals surface area contributed by atoms with E-state index < -0.39 is 0 Å². The molecule has 0 amide bonds. The van der Waals surface area contributed by atoms with Crippen molar-refractivity contribution in [2.75, 3.05) is 12.4 Å². The Morgan fingerprint density at radius 1 is 1.14 bits per heavy atom. The Kier molecular flexibility index (Phi) is 3.72. The Bertz CT molecular complexity index is 678. The molecule has 0 saturated heterocycles. The SMILES string of the molecule is COc1ccc(CNc2ccc(-n3cnnn3)cc2)cn1. The van der Waals surface area contributed by atoms with Gasteiger partial charge in [-0.3, -0.25) is 0 Å². The number of hydrogen-bond donors (Lipinski definition) is 1. The maximum Gasteiger partial charge on any atom is 0.212 e. The van der Waals surface area contributed by atoms with Crippen molar-refractivity contribution < 1.29 is 4.74 Å². The van der Waals surface area contributed by atoms with Gasteiger partial charge in [-0.25, -0.2) is 9.67 Å². The first-order chi connectivity index (χ1) is 10.3. The average Bonchev–Trinajstić information content (AvgIpc) is 3.08. The first-order valence-corrected chi connectivity index (χ1v) is 6.41. The van der Waals surface area contributed by atoms with Crippen molar-refractivity contribution in [3.05, 3.63) is 54.5 Å². The standard InChI is InChI=1S/C14H14N6O/c1-21-14-7-2-11(9-16-14)8-15-12-3-5-13(6-4-12)20-10-17-18-19-20/h2-7,9-10,15H,8H2,1H3. The minimum absolute atomic E-state index is 0.615. The monoisotopic (exact) mass is 282 g/mol. The average molecular weight is 282 g/mol. The van der Waals surface area contributed by atoms with E-state index in [0.717, 1.165) is 16.9 Å². The van der Waals surface area contributed by atoms with E-state index in [0.29, 0.717) is 12.4 Å². The molecule has 0 unspecified atom stereocenters. The van der Waals surface area contributed by atoms with Gasteiger partial charge < -0.3 is 10.1 Å². The molecule has 7 heteroatoms. The Morgan fingerprint density at radius 3 is 2.62 bits per heavy atom. The first-order valence-electron chi connectivity index (χ1n) is 6.41.